The van der Waals surface area contributed by atoms with Gasteiger partial charge in [-0.25, -0.2) is 26.9 Å². The summed E-state index contributed by atoms with van der Waals surface area (Å²) in [5, 5.41) is 20.3. The molecule has 33 heavy (non-hydrogen) atoms. The van der Waals surface area contributed by atoms with Crippen molar-refractivity contribution in [2.24, 2.45) is 0 Å². The van der Waals surface area contributed by atoms with Crippen LogP contribution in [-0.2, 0) is 23.2 Å². The maximum Gasteiger partial charge on any atom is 0.404 e. The molecule has 2 heterocycles. The van der Waals surface area contributed by atoms with E-state index in [1.54, 1.807) is 35.8 Å². The number of carbonyl (C=O) groups is 1. The van der Waals surface area contributed by atoms with E-state index >= 15 is 0 Å². The maximum absolute atomic E-state index is 14.6. The van der Waals surface area contributed by atoms with Crippen molar-refractivity contribution in [3.8, 4) is 11.1 Å². The molecule has 0 aliphatic heterocycles. The molecule has 3 N–H and O–H groups in total. The number of benzene rings is 1. The molecule has 3 aromatic rings. The van der Waals surface area contributed by atoms with Gasteiger partial charge in [-0.2, -0.15) is 0 Å². The Balaban J connectivity index is 2.17. The van der Waals surface area contributed by atoms with Crippen LogP contribution in [0.2, 0.25) is 0 Å². The summed E-state index contributed by atoms with van der Waals surface area (Å²) in [6.07, 6.45) is -0.115. The van der Waals surface area contributed by atoms with Crippen LogP contribution in [0.1, 0.15) is 11.4 Å². The number of nitrogens with zero attached hydrogens (tertiary/aromatic N) is 3. The second-order valence-electron chi connectivity index (χ2n) is 7.53. The van der Waals surface area contributed by atoms with Crippen molar-refractivity contribution in [1.29, 1.82) is 0 Å². The number of allylic oxidation sites excluding steroid dienone is 1. The minimum absolute atomic E-state index is 0.106. The molecule has 0 atom stereocenters. The number of fused-ring (bicyclic) bond motifs is 1. The standard InChI is InChI=1S/C22H25FN4O5S/c1-14-20(15-5-4-6-18(11-15)33(31,32)26(2)3)21-19(8-7-17(13-28)25-21)27(14)12-16(23)9-10-24-22(29)30/h4-9,11,24,28H,10,12-13H2,1-3H3,(H,29,30). The van der Waals surface area contributed by atoms with E-state index in [-0.39, 0.29) is 24.6 Å². The second-order valence-corrected chi connectivity index (χ2v) is 9.68. The van der Waals surface area contributed by atoms with E-state index in [4.69, 9.17) is 5.11 Å². The molecule has 0 spiro atoms. The quantitative estimate of drug-likeness (QED) is 0.459. The molecule has 0 fully saturated rings. The van der Waals surface area contributed by atoms with Crippen LogP contribution in [0.15, 0.2) is 53.2 Å². The number of sulfonamides is 1. The van der Waals surface area contributed by atoms with E-state index in [0.29, 0.717) is 33.5 Å². The number of hydrogen-bond acceptors (Lipinski definition) is 5. The molecule has 1 amide bonds. The number of carboxylic acid groups (broad SMARTS) is 1. The van der Waals surface area contributed by atoms with Crippen LogP contribution < -0.4 is 5.32 Å². The highest BCUT2D eigenvalue weighted by atomic mass is 32.2. The van der Waals surface area contributed by atoms with Gasteiger partial charge in [0.1, 0.15) is 5.83 Å². The highest BCUT2D eigenvalue weighted by Crippen LogP contribution is 2.35. The highest BCUT2D eigenvalue weighted by molar-refractivity contribution is 7.89. The number of hydrogen-bond donors (Lipinski definition) is 3. The summed E-state index contributed by atoms with van der Waals surface area (Å²) in [6.45, 7) is 1.14. The van der Waals surface area contributed by atoms with Crippen molar-refractivity contribution < 1.29 is 27.8 Å². The van der Waals surface area contributed by atoms with Gasteiger partial charge >= 0.3 is 6.09 Å². The van der Waals surface area contributed by atoms with Gasteiger partial charge in [-0.3, -0.25) is 0 Å². The summed E-state index contributed by atoms with van der Waals surface area (Å²) in [5.74, 6) is -0.550. The minimum Gasteiger partial charge on any atom is -0.465 e. The van der Waals surface area contributed by atoms with Gasteiger partial charge in [0.15, 0.2) is 0 Å². The van der Waals surface area contributed by atoms with E-state index in [1.807, 2.05) is 0 Å². The average molecular weight is 477 g/mol. The normalized spacial score (nSPS) is 12.5. The number of nitrogens with one attached hydrogen (secondary N) is 1. The number of aliphatic hydroxyl groups is 1. The van der Waals surface area contributed by atoms with Gasteiger partial charge in [0.05, 0.1) is 34.8 Å². The zero-order valence-corrected chi connectivity index (χ0v) is 19.2. The van der Waals surface area contributed by atoms with Gasteiger partial charge in [-0.05, 0) is 42.8 Å². The first kappa shape index (κ1) is 24.4. The number of rotatable bonds is 8. The van der Waals surface area contributed by atoms with Crippen molar-refractivity contribution in [2.75, 3.05) is 20.6 Å². The Labute approximate surface area is 190 Å². The lowest BCUT2D eigenvalue weighted by Crippen LogP contribution is -2.22. The molecule has 9 nitrogen and oxygen atoms in total. The summed E-state index contributed by atoms with van der Waals surface area (Å²) in [5.41, 5.74) is 3.35. The van der Waals surface area contributed by atoms with Crippen LogP contribution >= 0.6 is 0 Å². The Morgan fingerprint density at radius 1 is 1.27 bits per heavy atom. The molecule has 0 unspecified atom stereocenters. The van der Waals surface area contributed by atoms with Gasteiger partial charge in [-0.15, -0.1) is 0 Å². The van der Waals surface area contributed by atoms with Gasteiger partial charge in [0.25, 0.3) is 0 Å². The molecule has 0 saturated heterocycles. The number of pyridine rings is 1. The SMILES string of the molecule is Cc1c(-c2cccc(S(=O)(=O)N(C)C)c2)c2nc(CO)ccc2n1CC(F)=CCNC(=O)O. The number of aliphatic hydroxyl groups excluding tert-OH is 1. The fourth-order valence-corrected chi connectivity index (χ4v) is 4.45. The Morgan fingerprint density at radius 2 is 2.00 bits per heavy atom. The lowest BCUT2D eigenvalue weighted by molar-refractivity contribution is 0.195. The topological polar surface area (TPSA) is 125 Å². The van der Waals surface area contributed by atoms with E-state index in [1.165, 1.54) is 26.2 Å². The molecule has 1 aromatic carbocycles. The Bertz CT molecular complexity index is 1330. The van der Waals surface area contributed by atoms with Crippen LogP contribution in [0.3, 0.4) is 0 Å². The fraction of sp³-hybridized carbons (Fsp3) is 0.273. The van der Waals surface area contributed by atoms with Crippen molar-refractivity contribution in [2.45, 2.75) is 25.0 Å². The van der Waals surface area contributed by atoms with E-state index in [9.17, 15) is 22.7 Å². The molecular formula is C22H25FN4O5S. The predicted octanol–water partition coefficient (Wildman–Crippen LogP) is 2.88. The first-order chi connectivity index (χ1) is 15.6. The highest BCUT2D eigenvalue weighted by Gasteiger charge is 2.22. The van der Waals surface area contributed by atoms with Crippen molar-refractivity contribution in [1.82, 2.24) is 19.2 Å². The maximum atomic E-state index is 14.6. The average Bonchev–Trinajstić information content (AvgIpc) is 3.03. The lowest BCUT2D eigenvalue weighted by atomic mass is 10.1. The molecule has 11 heteroatoms. The van der Waals surface area contributed by atoms with Crippen molar-refractivity contribution in [3.05, 3.63) is 59.7 Å². The van der Waals surface area contributed by atoms with E-state index in [2.05, 4.69) is 10.3 Å². The van der Waals surface area contributed by atoms with Crippen molar-refractivity contribution in [3.63, 3.8) is 0 Å². The number of amides is 1. The fourth-order valence-electron chi connectivity index (χ4n) is 3.51. The second kappa shape index (κ2) is 9.69. The van der Waals surface area contributed by atoms with Crippen LogP contribution in [-0.4, -0.2) is 59.2 Å². The van der Waals surface area contributed by atoms with Crippen LogP contribution in [0.4, 0.5) is 9.18 Å². The molecule has 3 rings (SSSR count). The summed E-state index contributed by atoms with van der Waals surface area (Å²) in [4.78, 5) is 15.2. The monoisotopic (exact) mass is 476 g/mol. The Kier molecular flexibility index (Phi) is 7.15. The zero-order chi connectivity index (χ0) is 24.3. The third-order valence-corrected chi connectivity index (χ3v) is 6.99. The molecular weight excluding hydrogens is 451 g/mol. The summed E-state index contributed by atoms with van der Waals surface area (Å²) >= 11 is 0. The largest absolute Gasteiger partial charge is 0.465 e. The Morgan fingerprint density at radius 3 is 2.64 bits per heavy atom. The number of aromatic nitrogens is 2. The minimum atomic E-state index is -3.67. The van der Waals surface area contributed by atoms with Gasteiger partial charge in [0.2, 0.25) is 10.0 Å². The predicted molar refractivity (Wildman–Crippen MR) is 122 cm³/mol. The summed E-state index contributed by atoms with van der Waals surface area (Å²) in [6, 6.07) is 9.75. The first-order valence-corrected chi connectivity index (χ1v) is 11.4. The van der Waals surface area contributed by atoms with E-state index in [0.717, 1.165) is 10.4 Å². The third-order valence-electron chi connectivity index (χ3n) is 5.18. The van der Waals surface area contributed by atoms with Crippen molar-refractivity contribution >= 4 is 27.1 Å². The molecule has 2 aromatic heterocycles. The molecule has 0 radical (unpaired) electrons. The first-order valence-electron chi connectivity index (χ1n) is 10.00. The van der Waals surface area contributed by atoms with Gasteiger partial charge in [-0.1, -0.05) is 12.1 Å². The summed E-state index contributed by atoms with van der Waals surface area (Å²) < 4.78 is 42.6. The Hall–Kier alpha value is -3.28. The molecule has 0 saturated carbocycles. The summed E-state index contributed by atoms with van der Waals surface area (Å²) in [7, 11) is -0.780. The van der Waals surface area contributed by atoms with Crippen LogP contribution in [0, 0.1) is 6.92 Å². The lowest BCUT2D eigenvalue weighted by Gasteiger charge is -2.12. The van der Waals surface area contributed by atoms with Gasteiger partial charge < -0.3 is 20.1 Å². The molecule has 0 aliphatic rings. The molecule has 0 aliphatic carbocycles. The van der Waals surface area contributed by atoms with Crippen LogP contribution in [0.25, 0.3) is 22.2 Å². The van der Waals surface area contributed by atoms with E-state index < -0.39 is 21.9 Å². The third kappa shape index (κ3) is 5.05. The number of halogens is 1. The molecule has 0 bridgehead atoms. The smallest absolute Gasteiger partial charge is 0.404 e. The molecule has 176 valence electrons. The van der Waals surface area contributed by atoms with Crippen LogP contribution in [0.5, 0.6) is 0 Å². The van der Waals surface area contributed by atoms with Gasteiger partial charge in [0, 0.05) is 31.9 Å². The zero-order valence-electron chi connectivity index (χ0n) is 18.4.